The van der Waals surface area contributed by atoms with E-state index in [1.807, 2.05) is 17.5 Å². The molecule has 2 heterocycles. The SMILES string of the molecule is CCN(CC1CC1)Cn1nc(-c2cccs2)oc1=S. The molecule has 4 nitrogen and oxygen atoms in total. The van der Waals surface area contributed by atoms with Crippen LogP contribution in [0.2, 0.25) is 0 Å². The molecule has 6 heteroatoms. The maximum atomic E-state index is 5.58. The third-order valence-electron chi connectivity index (χ3n) is 3.33. The van der Waals surface area contributed by atoms with Crippen molar-refractivity contribution in [1.29, 1.82) is 0 Å². The summed E-state index contributed by atoms with van der Waals surface area (Å²) >= 11 is 6.87. The van der Waals surface area contributed by atoms with Gasteiger partial charge in [-0.2, -0.15) is 0 Å². The Hall–Kier alpha value is -0.980. The van der Waals surface area contributed by atoms with Crippen molar-refractivity contribution in [1.82, 2.24) is 14.7 Å². The average molecular weight is 295 g/mol. The number of rotatable bonds is 6. The van der Waals surface area contributed by atoms with Crippen LogP contribution in [0, 0.1) is 10.8 Å². The van der Waals surface area contributed by atoms with Gasteiger partial charge in [0.25, 0.3) is 10.7 Å². The average Bonchev–Trinajstić information content (AvgIpc) is 2.91. The van der Waals surface area contributed by atoms with Crippen LogP contribution < -0.4 is 0 Å². The van der Waals surface area contributed by atoms with Gasteiger partial charge in [-0.15, -0.1) is 16.4 Å². The Balaban J connectivity index is 1.75. The van der Waals surface area contributed by atoms with Crippen molar-refractivity contribution < 1.29 is 4.42 Å². The number of hydrogen-bond acceptors (Lipinski definition) is 5. The van der Waals surface area contributed by atoms with Crippen LogP contribution >= 0.6 is 23.6 Å². The van der Waals surface area contributed by atoms with Gasteiger partial charge in [0, 0.05) is 6.54 Å². The molecule has 3 rings (SSSR count). The topological polar surface area (TPSA) is 34.2 Å². The van der Waals surface area contributed by atoms with Crippen molar-refractivity contribution in [3.63, 3.8) is 0 Å². The van der Waals surface area contributed by atoms with Gasteiger partial charge in [0.05, 0.1) is 11.5 Å². The highest BCUT2D eigenvalue weighted by Gasteiger charge is 2.24. The van der Waals surface area contributed by atoms with E-state index in [9.17, 15) is 0 Å². The van der Waals surface area contributed by atoms with Crippen molar-refractivity contribution in [3.8, 4) is 10.8 Å². The van der Waals surface area contributed by atoms with Crippen LogP contribution in [0.25, 0.3) is 10.8 Å². The van der Waals surface area contributed by atoms with Gasteiger partial charge in [0.15, 0.2) is 0 Å². The van der Waals surface area contributed by atoms with Gasteiger partial charge in [0.2, 0.25) is 0 Å². The second-order valence-corrected chi connectivity index (χ2v) is 6.20. The van der Waals surface area contributed by atoms with E-state index in [1.165, 1.54) is 12.8 Å². The summed E-state index contributed by atoms with van der Waals surface area (Å²) in [6.07, 6.45) is 2.72. The Kier molecular flexibility index (Phi) is 3.81. The highest BCUT2D eigenvalue weighted by Crippen LogP contribution is 2.30. The molecule has 19 heavy (non-hydrogen) atoms. The second kappa shape index (κ2) is 5.56. The first-order valence-electron chi connectivity index (χ1n) is 6.60. The summed E-state index contributed by atoms with van der Waals surface area (Å²) in [7, 11) is 0. The standard InChI is InChI=1S/C13H17N3OS2/c1-2-15(8-10-5-6-10)9-16-13(18)17-12(14-16)11-4-3-7-19-11/h3-4,7,10H,2,5-6,8-9H2,1H3. The number of thiophene rings is 1. The monoisotopic (exact) mass is 295 g/mol. The fourth-order valence-corrected chi connectivity index (χ4v) is 2.86. The zero-order valence-electron chi connectivity index (χ0n) is 10.9. The van der Waals surface area contributed by atoms with E-state index >= 15 is 0 Å². The van der Waals surface area contributed by atoms with E-state index in [2.05, 4.69) is 16.9 Å². The van der Waals surface area contributed by atoms with Gasteiger partial charge >= 0.3 is 0 Å². The summed E-state index contributed by atoms with van der Waals surface area (Å²) in [6.45, 7) is 5.05. The first-order valence-corrected chi connectivity index (χ1v) is 7.89. The summed E-state index contributed by atoms with van der Waals surface area (Å²) in [5, 5.41) is 6.49. The van der Waals surface area contributed by atoms with Crippen LogP contribution in [0.1, 0.15) is 19.8 Å². The van der Waals surface area contributed by atoms with E-state index in [4.69, 9.17) is 16.6 Å². The molecule has 0 N–H and O–H groups in total. The van der Waals surface area contributed by atoms with Gasteiger partial charge in [-0.3, -0.25) is 4.90 Å². The molecule has 0 amide bonds. The van der Waals surface area contributed by atoms with Gasteiger partial charge in [0.1, 0.15) is 0 Å². The fraction of sp³-hybridized carbons (Fsp3) is 0.538. The zero-order valence-corrected chi connectivity index (χ0v) is 12.5. The minimum Gasteiger partial charge on any atom is -0.408 e. The fourth-order valence-electron chi connectivity index (χ4n) is 2.04. The first kappa shape index (κ1) is 13.0. The Bertz CT molecular complexity index is 583. The lowest BCUT2D eigenvalue weighted by molar-refractivity contribution is 0.205. The van der Waals surface area contributed by atoms with Crippen LogP contribution in [0.3, 0.4) is 0 Å². The summed E-state index contributed by atoms with van der Waals surface area (Å²) < 4.78 is 7.36. The Morgan fingerprint density at radius 3 is 3.05 bits per heavy atom. The van der Waals surface area contributed by atoms with Crippen molar-refractivity contribution >= 4 is 23.6 Å². The highest BCUT2D eigenvalue weighted by molar-refractivity contribution is 7.71. The van der Waals surface area contributed by atoms with E-state index in [-0.39, 0.29) is 0 Å². The number of hydrogen-bond donors (Lipinski definition) is 0. The molecule has 1 fully saturated rings. The van der Waals surface area contributed by atoms with Crippen molar-refractivity contribution in [2.75, 3.05) is 13.1 Å². The van der Waals surface area contributed by atoms with Crippen LogP contribution in [0.4, 0.5) is 0 Å². The van der Waals surface area contributed by atoms with Crippen LogP contribution in [0.5, 0.6) is 0 Å². The lowest BCUT2D eigenvalue weighted by Gasteiger charge is -2.19. The van der Waals surface area contributed by atoms with Gasteiger partial charge in [-0.25, -0.2) is 4.68 Å². The largest absolute Gasteiger partial charge is 0.408 e. The summed E-state index contributed by atoms with van der Waals surface area (Å²) in [5.41, 5.74) is 0. The Morgan fingerprint density at radius 1 is 1.58 bits per heavy atom. The van der Waals surface area contributed by atoms with Gasteiger partial charge in [-0.05, 0) is 49.0 Å². The van der Waals surface area contributed by atoms with Crippen molar-refractivity contribution in [3.05, 3.63) is 22.4 Å². The molecule has 0 saturated heterocycles. The number of nitrogens with zero attached hydrogens (tertiary/aromatic N) is 3. The van der Waals surface area contributed by atoms with E-state index in [0.717, 1.165) is 30.6 Å². The van der Waals surface area contributed by atoms with Gasteiger partial charge < -0.3 is 4.42 Å². The molecule has 0 unspecified atom stereocenters. The lowest BCUT2D eigenvalue weighted by Crippen LogP contribution is -2.28. The normalized spacial score (nSPS) is 15.3. The molecule has 1 aliphatic rings. The first-order chi connectivity index (χ1) is 9.26. The molecule has 0 spiro atoms. The van der Waals surface area contributed by atoms with E-state index in [0.29, 0.717) is 10.7 Å². The minimum absolute atomic E-state index is 0.456. The molecule has 102 valence electrons. The Labute approximate surface area is 121 Å². The maximum Gasteiger partial charge on any atom is 0.288 e. The molecule has 0 aliphatic heterocycles. The zero-order chi connectivity index (χ0) is 13.2. The van der Waals surface area contributed by atoms with Crippen LogP contribution in [-0.2, 0) is 6.67 Å². The van der Waals surface area contributed by atoms with Gasteiger partial charge in [-0.1, -0.05) is 13.0 Å². The van der Waals surface area contributed by atoms with Crippen LogP contribution in [-0.4, -0.2) is 27.8 Å². The third-order valence-corrected chi connectivity index (χ3v) is 4.48. The minimum atomic E-state index is 0.456. The summed E-state index contributed by atoms with van der Waals surface area (Å²) in [6, 6.07) is 3.99. The third kappa shape index (κ3) is 3.13. The molecule has 2 aromatic heterocycles. The van der Waals surface area contributed by atoms with E-state index < -0.39 is 0 Å². The summed E-state index contributed by atoms with van der Waals surface area (Å²) in [5.74, 6) is 1.50. The molecule has 1 saturated carbocycles. The predicted molar refractivity (Wildman–Crippen MR) is 78.6 cm³/mol. The molecule has 2 aromatic rings. The lowest BCUT2D eigenvalue weighted by atomic mass is 10.4. The maximum absolute atomic E-state index is 5.58. The molecule has 0 aromatic carbocycles. The van der Waals surface area contributed by atoms with Crippen molar-refractivity contribution in [2.45, 2.75) is 26.4 Å². The molecular weight excluding hydrogens is 278 g/mol. The molecule has 0 bridgehead atoms. The van der Waals surface area contributed by atoms with Crippen molar-refractivity contribution in [2.24, 2.45) is 5.92 Å². The molecular formula is C13H17N3OS2. The quantitative estimate of drug-likeness (QED) is 0.762. The second-order valence-electron chi connectivity index (χ2n) is 4.90. The summed E-state index contributed by atoms with van der Waals surface area (Å²) in [4.78, 5) is 3.85. The predicted octanol–water partition coefficient (Wildman–Crippen LogP) is 3.62. The van der Waals surface area contributed by atoms with Crippen LogP contribution in [0.15, 0.2) is 21.9 Å². The highest BCUT2D eigenvalue weighted by atomic mass is 32.1. The molecule has 1 aliphatic carbocycles. The Morgan fingerprint density at radius 2 is 2.42 bits per heavy atom. The smallest absolute Gasteiger partial charge is 0.288 e. The number of aromatic nitrogens is 2. The molecule has 0 atom stereocenters. The van der Waals surface area contributed by atoms with E-state index in [1.54, 1.807) is 16.0 Å². The molecule has 0 radical (unpaired) electrons.